The lowest BCUT2D eigenvalue weighted by molar-refractivity contribution is -0.121. The minimum atomic E-state index is -0.496. The van der Waals surface area contributed by atoms with E-state index in [-0.39, 0.29) is 5.91 Å². The Morgan fingerprint density at radius 3 is 2.55 bits per heavy atom. The van der Waals surface area contributed by atoms with Crippen molar-refractivity contribution >= 4 is 12.0 Å². The van der Waals surface area contributed by atoms with Crippen LogP contribution in [-0.2, 0) is 16.0 Å². The summed E-state index contributed by atoms with van der Waals surface area (Å²) in [6.45, 7) is 6.43. The maximum atomic E-state index is 11.7. The van der Waals surface area contributed by atoms with E-state index < -0.39 is 11.7 Å². The minimum absolute atomic E-state index is 0.0112. The third kappa shape index (κ3) is 8.94. The minimum Gasteiger partial charge on any atom is -0.444 e. The quantitative estimate of drug-likeness (QED) is 0.756. The lowest BCUT2D eigenvalue weighted by atomic mass is 10.2. The molecule has 1 aromatic rings. The van der Waals surface area contributed by atoms with Crippen LogP contribution in [-0.4, -0.2) is 35.7 Å². The van der Waals surface area contributed by atoms with E-state index in [2.05, 4.69) is 15.6 Å². The molecule has 0 bridgehead atoms. The number of carbonyl (C=O) groups excluding carboxylic acids is 2. The summed E-state index contributed by atoms with van der Waals surface area (Å²) in [5.41, 5.74) is 0.410. The van der Waals surface area contributed by atoms with Crippen molar-refractivity contribution in [2.75, 3.05) is 13.1 Å². The van der Waals surface area contributed by atoms with Crippen molar-refractivity contribution in [1.82, 2.24) is 15.6 Å². The van der Waals surface area contributed by atoms with E-state index in [9.17, 15) is 9.59 Å². The van der Waals surface area contributed by atoms with Crippen LogP contribution < -0.4 is 10.6 Å². The van der Waals surface area contributed by atoms with E-state index in [1.54, 1.807) is 6.20 Å². The SMILES string of the molecule is CC(C)(C)OC(=O)NCCCNC(=O)CCc1ccccn1. The highest BCUT2D eigenvalue weighted by molar-refractivity contribution is 5.76. The number of aromatic nitrogens is 1. The van der Waals surface area contributed by atoms with Gasteiger partial charge in [0.05, 0.1) is 0 Å². The summed E-state index contributed by atoms with van der Waals surface area (Å²) in [5.74, 6) is -0.0112. The maximum Gasteiger partial charge on any atom is 0.407 e. The van der Waals surface area contributed by atoms with Gasteiger partial charge < -0.3 is 15.4 Å². The normalized spacial score (nSPS) is 10.9. The summed E-state index contributed by atoms with van der Waals surface area (Å²) in [6.07, 6.45) is 2.98. The van der Waals surface area contributed by atoms with E-state index in [1.807, 2.05) is 39.0 Å². The number of amides is 2. The fourth-order valence-electron chi connectivity index (χ4n) is 1.70. The van der Waals surface area contributed by atoms with Crippen molar-refractivity contribution in [1.29, 1.82) is 0 Å². The molecule has 0 saturated heterocycles. The number of pyridine rings is 1. The second kappa shape index (κ2) is 9.02. The molecule has 0 spiro atoms. The van der Waals surface area contributed by atoms with Crippen LogP contribution in [0.1, 0.15) is 39.3 Å². The first-order valence-electron chi connectivity index (χ1n) is 7.50. The molecule has 2 N–H and O–H groups in total. The number of carbonyl (C=O) groups is 2. The third-order valence-electron chi connectivity index (χ3n) is 2.68. The smallest absolute Gasteiger partial charge is 0.407 e. The van der Waals surface area contributed by atoms with Gasteiger partial charge in [-0.2, -0.15) is 0 Å². The lowest BCUT2D eigenvalue weighted by Gasteiger charge is -2.19. The average Bonchev–Trinajstić information content (AvgIpc) is 2.44. The molecule has 6 nitrogen and oxygen atoms in total. The van der Waals surface area contributed by atoms with Crippen LogP contribution in [0.4, 0.5) is 4.79 Å². The molecule has 0 aromatic carbocycles. The first kappa shape index (κ1) is 17.9. The molecular weight excluding hydrogens is 282 g/mol. The number of aryl methyl sites for hydroxylation is 1. The first-order chi connectivity index (χ1) is 10.4. The third-order valence-corrected chi connectivity index (χ3v) is 2.68. The average molecular weight is 307 g/mol. The monoisotopic (exact) mass is 307 g/mol. The molecule has 122 valence electrons. The number of ether oxygens (including phenoxy) is 1. The van der Waals surface area contributed by atoms with Crippen LogP contribution in [0, 0.1) is 0 Å². The van der Waals surface area contributed by atoms with Gasteiger partial charge in [0.25, 0.3) is 0 Å². The van der Waals surface area contributed by atoms with Crippen LogP contribution in [0.3, 0.4) is 0 Å². The standard InChI is InChI=1S/C16H25N3O3/c1-16(2,3)22-15(21)19-12-6-11-18-14(20)9-8-13-7-4-5-10-17-13/h4-5,7,10H,6,8-9,11-12H2,1-3H3,(H,18,20)(H,19,21). The Morgan fingerprint density at radius 2 is 1.91 bits per heavy atom. The highest BCUT2D eigenvalue weighted by atomic mass is 16.6. The number of hydrogen-bond donors (Lipinski definition) is 2. The Labute approximate surface area is 131 Å². The zero-order valence-corrected chi connectivity index (χ0v) is 13.5. The summed E-state index contributed by atoms with van der Waals surface area (Å²) in [4.78, 5) is 27.2. The van der Waals surface area contributed by atoms with Gasteiger partial charge in [-0.1, -0.05) is 6.07 Å². The topological polar surface area (TPSA) is 80.3 Å². The van der Waals surface area contributed by atoms with Crippen LogP contribution in [0.2, 0.25) is 0 Å². The lowest BCUT2D eigenvalue weighted by Crippen LogP contribution is -2.34. The number of alkyl carbamates (subject to hydrolysis) is 1. The summed E-state index contributed by atoms with van der Waals surface area (Å²) in [7, 11) is 0. The van der Waals surface area contributed by atoms with Crippen LogP contribution >= 0.6 is 0 Å². The van der Waals surface area contributed by atoms with Gasteiger partial charge >= 0.3 is 6.09 Å². The van der Waals surface area contributed by atoms with Gasteiger partial charge in [0.2, 0.25) is 5.91 Å². The molecule has 0 radical (unpaired) electrons. The van der Waals surface area contributed by atoms with Gasteiger partial charge in [-0.05, 0) is 45.7 Å². The van der Waals surface area contributed by atoms with Gasteiger partial charge in [-0.3, -0.25) is 9.78 Å². The molecule has 1 heterocycles. The van der Waals surface area contributed by atoms with Crippen molar-refractivity contribution in [2.45, 2.75) is 45.6 Å². The Balaban J connectivity index is 2.04. The van der Waals surface area contributed by atoms with Crippen molar-refractivity contribution in [3.8, 4) is 0 Å². The molecule has 0 aliphatic heterocycles. The van der Waals surface area contributed by atoms with Crippen molar-refractivity contribution in [3.05, 3.63) is 30.1 Å². The summed E-state index contributed by atoms with van der Waals surface area (Å²) in [6, 6.07) is 5.65. The molecule has 22 heavy (non-hydrogen) atoms. The fourth-order valence-corrected chi connectivity index (χ4v) is 1.70. The maximum absolute atomic E-state index is 11.7. The molecular formula is C16H25N3O3. The first-order valence-corrected chi connectivity index (χ1v) is 7.50. The van der Waals surface area contributed by atoms with Crippen molar-refractivity contribution in [2.24, 2.45) is 0 Å². The van der Waals surface area contributed by atoms with E-state index in [0.717, 1.165) is 5.69 Å². The molecule has 1 aromatic heterocycles. The summed E-state index contributed by atoms with van der Waals surface area (Å²) in [5, 5.41) is 5.46. The van der Waals surface area contributed by atoms with Gasteiger partial charge in [0, 0.05) is 31.4 Å². The Kier molecular flexibility index (Phi) is 7.36. The van der Waals surface area contributed by atoms with Gasteiger partial charge in [0.1, 0.15) is 5.60 Å². The fraction of sp³-hybridized carbons (Fsp3) is 0.562. The molecule has 0 atom stereocenters. The van der Waals surface area contributed by atoms with Crippen molar-refractivity contribution < 1.29 is 14.3 Å². The van der Waals surface area contributed by atoms with E-state index >= 15 is 0 Å². The Bertz CT molecular complexity index is 469. The molecule has 0 fully saturated rings. The molecule has 0 aliphatic rings. The number of nitrogens with one attached hydrogen (secondary N) is 2. The zero-order valence-electron chi connectivity index (χ0n) is 13.5. The molecule has 0 unspecified atom stereocenters. The van der Waals surface area contributed by atoms with E-state index in [4.69, 9.17) is 4.74 Å². The largest absolute Gasteiger partial charge is 0.444 e. The molecule has 0 saturated carbocycles. The van der Waals surface area contributed by atoms with Crippen LogP contribution in [0.15, 0.2) is 24.4 Å². The predicted molar refractivity (Wildman–Crippen MR) is 84.4 cm³/mol. The number of rotatable bonds is 7. The molecule has 6 heteroatoms. The van der Waals surface area contributed by atoms with Gasteiger partial charge in [-0.15, -0.1) is 0 Å². The predicted octanol–water partition coefficient (Wildman–Crippen LogP) is 2.05. The molecule has 2 amide bonds. The second-order valence-corrected chi connectivity index (χ2v) is 5.95. The second-order valence-electron chi connectivity index (χ2n) is 5.95. The molecule has 0 aliphatic carbocycles. The van der Waals surface area contributed by atoms with Crippen molar-refractivity contribution in [3.63, 3.8) is 0 Å². The van der Waals surface area contributed by atoms with Crippen LogP contribution in [0.25, 0.3) is 0 Å². The Hall–Kier alpha value is -2.11. The number of hydrogen-bond acceptors (Lipinski definition) is 4. The van der Waals surface area contributed by atoms with Gasteiger partial charge in [-0.25, -0.2) is 4.79 Å². The molecule has 1 rings (SSSR count). The zero-order chi connectivity index (χ0) is 16.4. The van der Waals surface area contributed by atoms with Gasteiger partial charge in [0.15, 0.2) is 0 Å². The summed E-state index contributed by atoms with van der Waals surface area (Å²) >= 11 is 0. The van der Waals surface area contributed by atoms with E-state index in [0.29, 0.717) is 32.4 Å². The van der Waals surface area contributed by atoms with Crippen LogP contribution in [0.5, 0.6) is 0 Å². The number of nitrogens with zero attached hydrogens (tertiary/aromatic N) is 1. The highest BCUT2D eigenvalue weighted by Gasteiger charge is 2.15. The summed E-state index contributed by atoms with van der Waals surface area (Å²) < 4.78 is 5.11. The van der Waals surface area contributed by atoms with E-state index in [1.165, 1.54) is 0 Å². The Morgan fingerprint density at radius 1 is 1.18 bits per heavy atom. The highest BCUT2D eigenvalue weighted by Crippen LogP contribution is 2.06.